The summed E-state index contributed by atoms with van der Waals surface area (Å²) in [4.78, 5) is 12.1. The van der Waals surface area contributed by atoms with Crippen LogP contribution in [0.15, 0.2) is 24.3 Å². The fraction of sp³-hybridized carbons (Fsp3) is 0.611. The molecule has 0 aromatic heterocycles. The minimum absolute atomic E-state index is 0. The highest BCUT2D eigenvalue weighted by molar-refractivity contribution is 7.88. The summed E-state index contributed by atoms with van der Waals surface area (Å²) in [5, 5.41) is 6.23. The largest absolute Gasteiger partial charge is 0.379 e. The molecule has 27 heavy (non-hydrogen) atoms. The summed E-state index contributed by atoms with van der Waals surface area (Å²) in [6, 6.07) is 7.64. The van der Waals surface area contributed by atoms with Gasteiger partial charge in [0.05, 0.1) is 19.0 Å². The van der Waals surface area contributed by atoms with Crippen LogP contribution in [0.3, 0.4) is 0 Å². The summed E-state index contributed by atoms with van der Waals surface area (Å²) in [5.74, 6) is -0.0568. The number of carbonyl (C=O) groups excluding carboxylic acids is 1. The maximum atomic E-state index is 12.7. The van der Waals surface area contributed by atoms with Gasteiger partial charge in [-0.25, -0.2) is 8.42 Å². The van der Waals surface area contributed by atoms with Crippen molar-refractivity contribution in [1.82, 2.24) is 14.9 Å². The molecule has 1 atom stereocenters. The van der Waals surface area contributed by atoms with Crippen LogP contribution in [-0.2, 0) is 31.9 Å². The number of amides is 1. The first-order valence-corrected chi connectivity index (χ1v) is 10.8. The monoisotopic (exact) mass is 417 g/mol. The number of halogens is 1. The Bertz CT molecular complexity index is 717. The average Bonchev–Trinajstić information content (AvgIpc) is 3.14. The molecule has 0 saturated carbocycles. The number of nitrogens with zero attached hydrogens (tertiary/aromatic N) is 1. The predicted octanol–water partition coefficient (Wildman–Crippen LogP) is 1.03. The van der Waals surface area contributed by atoms with E-state index < -0.39 is 10.0 Å². The smallest absolute Gasteiger partial charge is 0.221 e. The van der Waals surface area contributed by atoms with Gasteiger partial charge in [0.2, 0.25) is 15.9 Å². The summed E-state index contributed by atoms with van der Waals surface area (Å²) >= 11 is 0. The van der Waals surface area contributed by atoms with Gasteiger partial charge in [-0.1, -0.05) is 24.3 Å². The molecule has 2 aliphatic rings. The number of hydrogen-bond donors (Lipinski definition) is 2. The van der Waals surface area contributed by atoms with E-state index >= 15 is 0 Å². The molecular formula is C18H28ClN3O4S. The number of benzene rings is 1. The fourth-order valence-corrected chi connectivity index (χ4v) is 4.97. The quantitative estimate of drug-likeness (QED) is 0.691. The molecule has 1 aromatic rings. The summed E-state index contributed by atoms with van der Waals surface area (Å²) in [6.07, 6.45) is 2.61. The Morgan fingerprint density at radius 1 is 1.22 bits per heavy atom. The van der Waals surface area contributed by atoms with Gasteiger partial charge in [0.25, 0.3) is 0 Å². The van der Waals surface area contributed by atoms with Crippen molar-refractivity contribution in [3.8, 4) is 0 Å². The normalized spacial score (nSPS) is 20.8. The standard InChI is InChI=1S/C18H27N3O4S.ClH/c22-18(12-17-6-3-7-19-17)20-13-15-4-1-2-5-16(15)14-26(23,24)21-8-10-25-11-9-21;/h1-2,4-5,17,19H,3,6-14H2,(H,20,22);1H. The zero-order valence-electron chi connectivity index (χ0n) is 15.4. The van der Waals surface area contributed by atoms with Gasteiger partial charge in [0.15, 0.2) is 0 Å². The van der Waals surface area contributed by atoms with Crippen molar-refractivity contribution in [2.24, 2.45) is 0 Å². The number of ether oxygens (including phenoxy) is 1. The minimum atomic E-state index is -3.39. The highest BCUT2D eigenvalue weighted by atomic mass is 35.5. The van der Waals surface area contributed by atoms with Crippen LogP contribution in [0.2, 0.25) is 0 Å². The van der Waals surface area contributed by atoms with Crippen LogP contribution < -0.4 is 10.6 Å². The molecule has 1 unspecified atom stereocenters. The Hall–Kier alpha value is -1.19. The van der Waals surface area contributed by atoms with Gasteiger partial charge >= 0.3 is 0 Å². The van der Waals surface area contributed by atoms with Crippen LogP contribution in [0.4, 0.5) is 0 Å². The molecule has 0 aliphatic carbocycles. The zero-order chi connectivity index (χ0) is 18.4. The molecule has 7 nitrogen and oxygen atoms in total. The van der Waals surface area contributed by atoms with E-state index in [0.717, 1.165) is 30.5 Å². The van der Waals surface area contributed by atoms with Crippen molar-refractivity contribution >= 4 is 28.3 Å². The third kappa shape index (κ3) is 6.43. The molecule has 0 bridgehead atoms. The van der Waals surface area contributed by atoms with E-state index in [1.54, 1.807) is 0 Å². The van der Waals surface area contributed by atoms with Crippen LogP contribution >= 0.6 is 12.4 Å². The maximum absolute atomic E-state index is 12.7. The second-order valence-electron chi connectivity index (χ2n) is 6.81. The van der Waals surface area contributed by atoms with Gasteiger partial charge in [0, 0.05) is 32.1 Å². The topological polar surface area (TPSA) is 87.7 Å². The van der Waals surface area contributed by atoms with Crippen molar-refractivity contribution in [3.05, 3.63) is 35.4 Å². The Kier molecular flexibility index (Phi) is 8.50. The van der Waals surface area contributed by atoms with Crippen LogP contribution in [-0.4, -0.2) is 57.5 Å². The second-order valence-corrected chi connectivity index (χ2v) is 8.78. The zero-order valence-corrected chi connectivity index (χ0v) is 17.0. The summed E-state index contributed by atoms with van der Waals surface area (Å²) in [5.41, 5.74) is 1.58. The molecule has 2 aliphatic heterocycles. The molecule has 1 amide bonds. The molecule has 2 saturated heterocycles. The Morgan fingerprint density at radius 3 is 2.59 bits per heavy atom. The van der Waals surface area contributed by atoms with Gasteiger partial charge in [-0.3, -0.25) is 4.79 Å². The lowest BCUT2D eigenvalue weighted by Crippen LogP contribution is -2.41. The van der Waals surface area contributed by atoms with Crippen LogP contribution in [0.5, 0.6) is 0 Å². The first-order valence-electron chi connectivity index (χ1n) is 9.17. The lowest BCUT2D eigenvalue weighted by molar-refractivity contribution is -0.121. The first kappa shape index (κ1) is 22.1. The third-order valence-electron chi connectivity index (χ3n) is 4.89. The van der Waals surface area contributed by atoms with Crippen molar-refractivity contribution in [3.63, 3.8) is 0 Å². The van der Waals surface area contributed by atoms with E-state index in [9.17, 15) is 13.2 Å². The Morgan fingerprint density at radius 2 is 1.93 bits per heavy atom. The number of morpholine rings is 1. The van der Waals surface area contributed by atoms with Gasteiger partial charge in [-0.15, -0.1) is 12.4 Å². The van der Waals surface area contributed by atoms with Crippen molar-refractivity contribution < 1.29 is 17.9 Å². The SMILES string of the molecule is Cl.O=C(CC1CCCN1)NCc1ccccc1CS(=O)(=O)N1CCOCC1. The number of hydrogen-bond acceptors (Lipinski definition) is 5. The number of rotatable bonds is 7. The number of nitrogens with one attached hydrogen (secondary N) is 2. The third-order valence-corrected chi connectivity index (χ3v) is 6.72. The molecular weight excluding hydrogens is 390 g/mol. The van der Waals surface area contributed by atoms with Crippen LogP contribution in [0, 0.1) is 0 Å². The van der Waals surface area contributed by atoms with E-state index in [1.165, 1.54) is 4.31 Å². The number of sulfonamides is 1. The second kappa shape index (κ2) is 10.4. The van der Waals surface area contributed by atoms with E-state index in [0.29, 0.717) is 39.3 Å². The van der Waals surface area contributed by atoms with E-state index in [1.807, 2.05) is 24.3 Å². The Balaban J connectivity index is 0.00000261. The van der Waals surface area contributed by atoms with Crippen molar-refractivity contribution in [2.75, 3.05) is 32.8 Å². The first-order chi connectivity index (χ1) is 12.5. The number of carbonyl (C=O) groups is 1. The lowest BCUT2D eigenvalue weighted by Gasteiger charge is -2.26. The van der Waals surface area contributed by atoms with Gasteiger partial charge in [-0.05, 0) is 30.5 Å². The molecule has 2 N–H and O–H groups in total. The van der Waals surface area contributed by atoms with Crippen LogP contribution in [0.25, 0.3) is 0 Å². The molecule has 1 aromatic carbocycles. The lowest BCUT2D eigenvalue weighted by atomic mass is 10.1. The molecule has 2 fully saturated rings. The summed E-state index contributed by atoms with van der Waals surface area (Å²) in [7, 11) is -3.39. The van der Waals surface area contributed by atoms with Crippen LogP contribution in [0.1, 0.15) is 30.4 Å². The highest BCUT2D eigenvalue weighted by Crippen LogP contribution is 2.17. The highest BCUT2D eigenvalue weighted by Gasteiger charge is 2.25. The molecule has 152 valence electrons. The van der Waals surface area contributed by atoms with Gasteiger partial charge < -0.3 is 15.4 Å². The van der Waals surface area contributed by atoms with E-state index in [4.69, 9.17) is 4.74 Å². The molecule has 0 radical (unpaired) electrons. The predicted molar refractivity (Wildman–Crippen MR) is 106 cm³/mol. The van der Waals surface area contributed by atoms with E-state index in [-0.39, 0.29) is 30.1 Å². The van der Waals surface area contributed by atoms with E-state index in [2.05, 4.69) is 10.6 Å². The summed E-state index contributed by atoms with van der Waals surface area (Å²) in [6.45, 7) is 2.99. The average molecular weight is 418 g/mol. The minimum Gasteiger partial charge on any atom is -0.379 e. The molecule has 2 heterocycles. The Labute approximate surface area is 167 Å². The summed E-state index contributed by atoms with van der Waals surface area (Å²) < 4.78 is 32.0. The molecule has 0 spiro atoms. The van der Waals surface area contributed by atoms with Crippen molar-refractivity contribution in [1.29, 1.82) is 0 Å². The molecule has 3 rings (SSSR count). The maximum Gasteiger partial charge on any atom is 0.221 e. The molecule has 9 heteroatoms. The fourth-order valence-electron chi connectivity index (χ4n) is 3.40. The van der Waals surface area contributed by atoms with Gasteiger partial charge in [-0.2, -0.15) is 4.31 Å². The van der Waals surface area contributed by atoms with Gasteiger partial charge in [0.1, 0.15) is 0 Å². The van der Waals surface area contributed by atoms with Crippen molar-refractivity contribution in [2.45, 2.75) is 37.6 Å².